The summed E-state index contributed by atoms with van der Waals surface area (Å²) in [6.45, 7) is 1.43. The van der Waals surface area contributed by atoms with Crippen molar-refractivity contribution in [1.29, 1.82) is 0 Å². The normalized spacial score (nSPS) is 24.0. The molecular weight excluding hydrogens is 392 g/mol. The van der Waals surface area contributed by atoms with E-state index >= 15 is 0 Å². The quantitative estimate of drug-likeness (QED) is 0.711. The van der Waals surface area contributed by atoms with Crippen molar-refractivity contribution < 1.29 is 13.2 Å². The first-order valence-electron chi connectivity index (χ1n) is 5.92. The zero-order valence-corrected chi connectivity index (χ0v) is 14.9. The number of sulfonamides is 1. The van der Waals surface area contributed by atoms with Gasteiger partial charge in [-0.15, -0.1) is 11.6 Å². The highest BCUT2D eigenvalue weighted by Crippen LogP contribution is 2.41. The number of alkyl halides is 3. The summed E-state index contributed by atoms with van der Waals surface area (Å²) in [6.07, 6.45) is 0. The molecule has 4 nitrogen and oxygen atoms in total. The minimum absolute atomic E-state index is 0.0260. The van der Waals surface area contributed by atoms with Gasteiger partial charge in [-0.05, 0) is 24.6 Å². The summed E-state index contributed by atoms with van der Waals surface area (Å²) < 4.78 is 26.2. The minimum atomic E-state index is -4.03. The molecule has 1 aromatic carbocycles. The molecule has 118 valence electrons. The summed E-state index contributed by atoms with van der Waals surface area (Å²) >= 11 is 23.7. The van der Waals surface area contributed by atoms with E-state index in [4.69, 9.17) is 46.4 Å². The summed E-state index contributed by atoms with van der Waals surface area (Å²) in [5.74, 6) is -0.786. The Labute approximate surface area is 147 Å². The molecular formula is C13H9Cl4NO3S. The maximum atomic E-state index is 12.3. The Balaban J connectivity index is 2.63. The molecule has 0 fully saturated rings. The Kier molecular flexibility index (Phi) is 4.95. The number of carbonyl (C=O) groups excluding carboxylic acids is 1. The number of rotatable bonds is 2. The van der Waals surface area contributed by atoms with Crippen molar-refractivity contribution in [2.75, 3.05) is 0 Å². The van der Waals surface area contributed by atoms with E-state index in [2.05, 4.69) is 4.40 Å². The lowest BCUT2D eigenvalue weighted by Crippen LogP contribution is -2.46. The molecule has 0 spiro atoms. The third-order valence-corrected chi connectivity index (χ3v) is 6.33. The van der Waals surface area contributed by atoms with Gasteiger partial charge in [0.1, 0.15) is 5.38 Å². The lowest BCUT2D eigenvalue weighted by Gasteiger charge is -2.30. The second-order valence-electron chi connectivity index (χ2n) is 4.52. The molecule has 0 bridgehead atoms. The summed E-state index contributed by atoms with van der Waals surface area (Å²) in [6, 6.07) is 7.54. The largest absolute Gasteiger partial charge is 0.290 e. The molecule has 0 saturated heterocycles. The Morgan fingerprint density at radius 3 is 2.27 bits per heavy atom. The number of hydrogen-bond acceptors (Lipinski definition) is 3. The standard InChI is InChI=1S/C13H9Cl4NO3S/c1-7-9(14)12(19)13(16,17)11(15)10(7)18-22(20,21)8-5-3-2-4-6-8/h2-6,11H,1H3/t11-/m0/s1. The highest BCUT2D eigenvalue weighted by Gasteiger charge is 2.50. The van der Waals surface area contributed by atoms with Crippen LogP contribution in [0.25, 0.3) is 0 Å². The SMILES string of the molecule is CC1=C(Cl)C(=O)C(Cl)(Cl)[C@@H](Cl)C1=NS(=O)(=O)c1ccccc1. The first-order chi connectivity index (χ1) is 10.1. The molecule has 0 saturated carbocycles. The Hall–Kier alpha value is -0.590. The fourth-order valence-electron chi connectivity index (χ4n) is 1.80. The van der Waals surface area contributed by atoms with E-state index in [-0.39, 0.29) is 21.2 Å². The molecule has 22 heavy (non-hydrogen) atoms. The van der Waals surface area contributed by atoms with Crippen molar-refractivity contribution in [2.24, 2.45) is 4.40 Å². The lowest BCUT2D eigenvalue weighted by atomic mass is 9.96. The smallest absolute Gasteiger partial charge is 0.282 e. The Bertz CT molecular complexity index is 785. The summed E-state index contributed by atoms with van der Waals surface area (Å²) in [4.78, 5) is 11.9. The van der Waals surface area contributed by atoms with E-state index in [9.17, 15) is 13.2 Å². The zero-order valence-electron chi connectivity index (χ0n) is 11.1. The average Bonchev–Trinajstić information content (AvgIpc) is 2.49. The number of Topliss-reactive ketones (excluding diaryl/α,β-unsaturated/α-hetero) is 1. The van der Waals surface area contributed by atoms with E-state index in [0.29, 0.717) is 0 Å². The Morgan fingerprint density at radius 2 is 1.73 bits per heavy atom. The number of nitrogens with zero attached hydrogens (tertiary/aromatic N) is 1. The number of benzene rings is 1. The van der Waals surface area contributed by atoms with Crippen molar-refractivity contribution in [3.8, 4) is 0 Å². The van der Waals surface area contributed by atoms with Gasteiger partial charge in [-0.25, -0.2) is 0 Å². The van der Waals surface area contributed by atoms with Gasteiger partial charge in [0.05, 0.1) is 15.6 Å². The topological polar surface area (TPSA) is 63.6 Å². The summed E-state index contributed by atoms with van der Waals surface area (Å²) in [5, 5.41) is -1.63. The van der Waals surface area contributed by atoms with Crippen molar-refractivity contribution in [1.82, 2.24) is 0 Å². The molecule has 2 rings (SSSR count). The molecule has 1 aliphatic rings. The number of carbonyl (C=O) groups is 1. The van der Waals surface area contributed by atoms with Crippen LogP contribution < -0.4 is 0 Å². The van der Waals surface area contributed by atoms with Crippen LogP contribution in [0.2, 0.25) is 0 Å². The van der Waals surface area contributed by atoms with E-state index < -0.39 is 25.5 Å². The van der Waals surface area contributed by atoms with Gasteiger partial charge in [0.25, 0.3) is 10.0 Å². The maximum Gasteiger partial charge on any atom is 0.282 e. The first kappa shape index (κ1) is 17.8. The summed E-state index contributed by atoms with van der Waals surface area (Å²) in [5.41, 5.74) is -0.0248. The third kappa shape index (κ3) is 3.05. The molecule has 9 heteroatoms. The van der Waals surface area contributed by atoms with Gasteiger partial charge < -0.3 is 0 Å². The van der Waals surface area contributed by atoms with Gasteiger partial charge in [-0.3, -0.25) is 4.79 Å². The van der Waals surface area contributed by atoms with Gasteiger partial charge in [0.2, 0.25) is 10.1 Å². The van der Waals surface area contributed by atoms with Crippen LogP contribution in [0, 0.1) is 0 Å². The van der Waals surface area contributed by atoms with Gasteiger partial charge >= 0.3 is 0 Å². The predicted molar refractivity (Wildman–Crippen MR) is 88.7 cm³/mol. The van der Waals surface area contributed by atoms with Crippen LogP contribution >= 0.6 is 46.4 Å². The monoisotopic (exact) mass is 399 g/mol. The molecule has 0 aliphatic heterocycles. The summed E-state index contributed by atoms with van der Waals surface area (Å²) in [7, 11) is -4.03. The van der Waals surface area contributed by atoms with Crippen LogP contribution in [0.15, 0.2) is 50.2 Å². The fraction of sp³-hybridized carbons (Fsp3) is 0.231. The zero-order chi connectivity index (χ0) is 16.7. The highest BCUT2D eigenvalue weighted by molar-refractivity contribution is 7.90. The fourth-order valence-corrected chi connectivity index (χ4v) is 4.01. The molecule has 0 aromatic heterocycles. The molecule has 0 heterocycles. The van der Waals surface area contributed by atoms with Crippen LogP contribution in [0.1, 0.15) is 6.92 Å². The molecule has 1 atom stereocenters. The van der Waals surface area contributed by atoms with Gasteiger partial charge in [0, 0.05) is 0 Å². The van der Waals surface area contributed by atoms with E-state index in [0.717, 1.165) is 0 Å². The van der Waals surface area contributed by atoms with E-state index in [1.807, 2.05) is 0 Å². The van der Waals surface area contributed by atoms with Crippen molar-refractivity contribution in [3.63, 3.8) is 0 Å². The number of ketones is 1. The second-order valence-corrected chi connectivity index (χ2v) is 8.32. The second kappa shape index (κ2) is 6.13. The van der Waals surface area contributed by atoms with Crippen LogP contribution in [-0.2, 0) is 14.8 Å². The van der Waals surface area contributed by atoms with Gasteiger partial charge in [0.15, 0.2) is 0 Å². The van der Waals surface area contributed by atoms with Crippen molar-refractivity contribution in [2.45, 2.75) is 21.5 Å². The maximum absolute atomic E-state index is 12.3. The van der Waals surface area contributed by atoms with Gasteiger partial charge in [-0.1, -0.05) is 53.0 Å². The molecule has 1 aromatic rings. The average molecular weight is 401 g/mol. The first-order valence-corrected chi connectivity index (χ1v) is 8.93. The van der Waals surface area contributed by atoms with Gasteiger partial charge in [-0.2, -0.15) is 12.8 Å². The molecule has 0 unspecified atom stereocenters. The number of hydrogen-bond donors (Lipinski definition) is 0. The highest BCUT2D eigenvalue weighted by atomic mass is 35.5. The molecule has 0 radical (unpaired) electrons. The van der Waals surface area contributed by atoms with Crippen LogP contribution in [-0.4, -0.2) is 29.6 Å². The van der Waals surface area contributed by atoms with Crippen molar-refractivity contribution >= 4 is 67.9 Å². The minimum Gasteiger partial charge on any atom is -0.290 e. The van der Waals surface area contributed by atoms with Crippen LogP contribution in [0.5, 0.6) is 0 Å². The van der Waals surface area contributed by atoms with Crippen LogP contribution in [0.3, 0.4) is 0 Å². The lowest BCUT2D eigenvalue weighted by molar-refractivity contribution is -0.115. The number of allylic oxidation sites excluding steroid dienone is 2. The predicted octanol–water partition coefficient (Wildman–Crippen LogP) is 3.69. The molecule has 1 aliphatic carbocycles. The third-order valence-electron chi connectivity index (χ3n) is 3.03. The van der Waals surface area contributed by atoms with Crippen molar-refractivity contribution in [3.05, 3.63) is 40.9 Å². The van der Waals surface area contributed by atoms with Crippen LogP contribution in [0.4, 0.5) is 0 Å². The Morgan fingerprint density at radius 1 is 1.18 bits per heavy atom. The van der Waals surface area contributed by atoms with E-state index in [1.165, 1.54) is 19.1 Å². The molecule has 0 amide bonds. The molecule has 0 N–H and O–H groups in total. The van der Waals surface area contributed by atoms with E-state index in [1.54, 1.807) is 18.2 Å². The number of halogens is 4.